The molecule has 2 fully saturated rings. The van der Waals surface area contributed by atoms with Gasteiger partial charge in [0.1, 0.15) is 11.7 Å². The molecule has 5 heterocycles. The molecule has 8 rings (SSSR count). The Bertz CT molecular complexity index is 1840. The third-order valence-electron chi connectivity index (χ3n) is 9.21. The normalized spacial score (nSPS) is 19.8. The van der Waals surface area contributed by atoms with Crippen LogP contribution in [0.4, 0.5) is 9.52 Å². The fourth-order valence-corrected chi connectivity index (χ4v) is 7.87. The summed E-state index contributed by atoms with van der Waals surface area (Å²) >= 11 is 15.2. The zero-order valence-electron chi connectivity index (χ0n) is 23.8. The van der Waals surface area contributed by atoms with Crippen LogP contribution in [0.2, 0.25) is 10.0 Å². The average Bonchev–Trinajstić information content (AvgIpc) is 3.31. The molecule has 3 aromatic heterocycles. The van der Waals surface area contributed by atoms with Crippen LogP contribution in [0.25, 0.3) is 22.0 Å². The number of aromatic nitrogens is 5. The van der Waals surface area contributed by atoms with Crippen LogP contribution in [0, 0.1) is 0 Å². The SMILES string of the molecule is O=C(Nc1nccs1)C(c1ncn2c1CC(F)C2)n1cc2c(Cl)cc(-c3ccc(C4CCN(C5CC5)CC4)cc3)c(Cl)c2n1. The van der Waals surface area contributed by atoms with Crippen LogP contribution in [0.15, 0.2) is 54.4 Å². The van der Waals surface area contributed by atoms with Gasteiger partial charge in [0, 0.05) is 46.9 Å². The topological polar surface area (TPSA) is 80.9 Å². The summed E-state index contributed by atoms with van der Waals surface area (Å²) in [4.78, 5) is 25.1. The number of likely N-dealkylation sites (tertiary alicyclic amines) is 1. The summed E-state index contributed by atoms with van der Waals surface area (Å²) in [6, 6.07) is 10.3. The van der Waals surface area contributed by atoms with E-state index < -0.39 is 12.2 Å². The number of halogens is 3. The van der Waals surface area contributed by atoms with Gasteiger partial charge in [-0.1, -0.05) is 47.5 Å². The molecule has 3 aliphatic rings. The second kappa shape index (κ2) is 11.2. The van der Waals surface area contributed by atoms with Gasteiger partial charge >= 0.3 is 0 Å². The molecule has 5 aromatic rings. The number of nitrogens with zero attached hydrogens (tertiary/aromatic N) is 6. The number of hydrogen-bond acceptors (Lipinski definition) is 6. The summed E-state index contributed by atoms with van der Waals surface area (Å²) in [5, 5.41) is 11.4. The van der Waals surface area contributed by atoms with Gasteiger partial charge in [0.15, 0.2) is 11.2 Å². The summed E-state index contributed by atoms with van der Waals surface area (Å²) in [6.07, 6.45) is 9.15. The molecule has 2 unspecified atom stereocenters. The predicted octanol–water partition coefficient (Wildman–Crippen LogP) is 7.13. The zero-order chi connectivity index (χ0) is 29.9. The molecular weight excluding hydrogens is 620 g/mol. The number of carbonyl (C=O) groups excluding carboxylic acids is 1. The molecule has 2 atom stereocenters. The number of anilines is 1. The van der Waals surface area contributed by atoms with Gasteiger partial charge in [-0.05, 0) is 61.9 Å². The minimum atomic E-state index is -1.03. The molecule has 2 aliphatic heterocycles. The maximum absolute atomic E-state index is 14.3. The first-order chi connectivity index (χ1) is 21.4. The Kier molecular flexibility index (Phi) is 7.20. The van der Waals surface area contributed by atoms with Crippen molar-refractivity contribution >= 4 is 56.5 Å². The standard InChI is InChI=1S/C32H30Cl2FN7OS/c33-25-14-23(20-3-1-18(2-4-20)19-7-10-40(11-8-19)22-5-6-22)27(34)28-24(25)16-42(39-28)30(31(43)38-32-36-9-12-44-32)29-26-13-21(35)15-41(26)17-37-29/h1-4,9,12,14,16-17,19,21-22,30H,5-8,10-11,13,15H2,(H,36,38,43). The minimum Gasteiger partial charge on any atom is -0.331 e. The highest BCUT2D eigenvalue weighted by Crippen LogP contribution is 2.41. The van der Waals surface area contributed by atoms with Gasteiger partial charge in [-0.25, -0.2) is 14.4 Å². The fourth-order valence-electron chi connectivity index (χ4n) is 6.79. The van der Waals surface area contributed by atoms with E-state index in [0.29, 0.717) is 43.4 Å². The maximum atomic E-state index is 14.3. The van der Waals surface area contributed by atoms with Crippen molar-refractivity contribution in [1.82, 2.24) is 29.2 Å². The first kappa shape index (κ1) is 28.2. The third kappa shape index (κ3) is 5.11. The Hall–Kier alpha value is -3.31. The second-order valence-electron chi connectivity index (χ2n) is 12.0. The maximum Gasteiger partial charge on any atom is 0.257 e. The van der Waals surface area contributed by atoms with E-state index >= 15 is 0 Å². The lowest BCUT2D eigenvalue weighted by Crippen LogP contribution is -2.34. The van der Waals surface area contributed by atoms with E-state index in [4.69, 9.17) is 28.3 Å². The lowest BCUT2D eigenvalue weighted by molar-refractivity contribution is -0.118. The number of amides is 1. The molecule has 8 nitrogen and oxygen atoms in total. The number of piperidine rings is 1. The number of fused-ring (bicyclic) bond motifs is 2. The second-order valence-corrected chi connectivity index (χ2v) is 13.7. The van der Waals surface area contributed by atoms with Crippen LogP contribution < -0.4 is 5.32 Å². The number of rotatable bonds is 7. The van der Waals surface area contributed by atoms with E-state index in [1.165, 1.54) is 60.4 Å². The van der Waals surface area contributed by atoms with Crippen LogP contribution in [0.1, 0.15) is 54.6 Å². The summed E-state index contributed by atoms with van der Waals surface area (Å²) in [7, 11) is 0. The van der Waals surface area contributed by atoms with Gasteiger partial charge in [0.05, 0.1) is 28.6 Å². The van der Waals surface area contributed by atoms with E-state index in [9.17, 15) is 9.18 Å². The first-order valence-electron chi connectivity index (χ1n) is 15.0. The highest BCUT2D eigenvalue weighted by atomic mass is 35.5. The van der Waals surface area contributed by atoms with Gasteiger partial charge in [-0.15, -0.1) is 11.3 Å². The van der Waals surface area contributed by atoms with E-state index in [1.54, 1.807) is 28.7 Å². The lowest BCUT2D eigenvalue weighted by Gasteiger charge is -2.32. The van der Waals surface area contributed by atoms with Gasteiger partial charge in [-0.2, -0.15) is 5.10 Å². The molecule has 1 N–H and O–H groups in total. The Labute approximate surface area is 267 Å². The molecule has 1 saturated heterocycles. The van der Waals surface area contributed by atoms with Crippen LogP contribution >= 0.6 is 34.5 Å². The summed E-state index contributed by atoms with van der Waals surface area (Å²) in [6.45, 7) is 2.57. The molecule has 226 valence electrons. The highest BCUT2D eigenvalue weighted by Gasteiger charge is 2.35. The van der Waals surface area contributed by atoms with Gasteiger partial charge in [0.2, 0.25) is 0 Å². The van der Waals surface area contributed by atoms with Crippen molar-refractivity contribution in [3.8, 4) is 11.1 Å². The van der Waals surface area contributed by atoms with Crippen molar-refractivity contribution in [2.24, 2.45) is 0 Å². The number of thiazole rings is 1. The minimum absolute atomic E-state index is 0.179. The molecule has 2 aromatic carbocycles. The van der Waals surface area contributed by atoms with E-state index in [2.05, 4.69) is 44.5 Å². The number of nitrogens with one attached hydrogen (secondary N) is 1. The number of benzene rings is 2. The Morgan fingerprint density at radius 3 is 2.61 bits per heavy atom. The van der Waals surface area contributed by atoms with Crippen molar-refractivity contribution in [3.63, 3.8) is 0 Å². The van der Waals surface area contributed by atoms with Crippen LogP contribution in [-0.2, 0) is 17.8 Å². The first-order valence-corrected chi connectivity index (χ1v) is 16.7. The molecule has 12 heteroatoms. The zero-order valence-corrected chi connectivity index (χ0v) is 26.1. The fraction of sp³-hybridized carbons (Fsp3) is 0.375. The number of alkyl halides is 1. The smallest absolute Gasteiger partial charge is 0.257 e. The van der Waals surface area contributed by atoms with E-state index in [0.717, 1.165) is 17.2 Å². The molecule has 1 aliphatic carbocycles. The van der Waals surface area contributed by atoms with Gasteiger partial charge < -0.3 is 9.47 Å². The highest BCUT2D eigenvalue weighted by molar-refractivity contribution is 7.13. The molecule has 1 saturated carbocycles. The number of carbonyl (C=O) groups is 1. The summed E-state index contributed by atoms with van der Waals surface area (Å²) in [5.74, 6) is 0.184. The van der Waals surface area contributed by atoms with Crippen molar-refractivity contribution in [1.29, 1.82) is 0 Å². The molecule has 0 radical (unpaired) electrons. The molecule has 1 amide bonds. The lowest BCUT2D eigenvalue weighted by atomic mass is 9.88. The van der Waals surface area contributed by atoms with Gasteiger partial charge in [0.25, 0.3) is 5.91 Å². The molecular formula is C32H30Cl2FN7OS. The third-order valence-corrected chi connectivity index (χ3v) is 10.6. The van der Waals surface area contributed by atoms with E-state index in [1.807, 2.05) is 6.07 Å². The quantitative estimate of drug-likeness (QED) is 0.203. The van der Waals surface area contributed by atoms with Crippen LogP contribution in [0.5, 0.6) is 0 Å². The summed E-state index contributed by atoms with van der Waals surface area (Å²) < 4.78 is 17.6. The van der Waals surface area contributed by atoms with E-state index in [-0.39, 0.29) is 18.9 Å². The molecule has 0 bridgehead atoms. The number of hydrogen-bond donors (Lipinski definition) is 1. The average molecular weight is 651 g/mol. The molecule has 0 spiro atoms. The number of imidazole rings is 1. The van der Waals surface area contributed by atoms with Gasteiger partial charge in [-0.3, -0.25) is 14.8 Å². The Balaban J connectivity index is 1.12. The van der Waals surface area contributed by atoms with Crippen molar-refractivity contribution < 1.29 is 9.18 Å². The van der Waals surface area contributed by atoms with Crippen molar-refractivity contribution in [2.75, 3.05) is 18.4 Å². The monoisotopic (exact) mass is 649 g/mol. The molecule has 44 heavy (non-hydrogen) atoms. The summed E-state index contributed by atoms with van der Waals surface area (Å²) in [5.41, 5.74) is 4.68. The largest absolute Gasteiger partial charge is 0.331 e. The van der Waals surface area contributed by atoms with Crippen LogP contribution in [0.3, 0.4) is 0 Å². The van der Waals surface area contributed by atoms with Crippen LogP contribution in [-0.4, -0.2) is 60.4 Å². The predicted molar refractivity (Wildman–Crippen MR) is 171 cm³/mol. The Morgan fingerprint density at radius 2 is 1.89 bits per heavy atom. The Morgan fingerprint density at radius 1 is 1.09 bits per heavy atom. The van der Waals surface area contributed by atoms with Crippen molar-refractivity contribution in [2.45, 2.75) is 62.8 Å². The van der Waals surface area contributed by atoms with Crippen molar-refractivity contribution in [3.05, 3.63) is 81.4 Å².